The maximum absolute atomic E-state index is 10.3. The van der Waals surface area contributed by atoms with Gasteiger partial charge >= 0.3 is 0 Å². The van der Waals surface area contributed by atoms with Crippen LogP contribution in [0.3, 0.4) is 0 Å². The van der Waals surface area contributed by atoms with E-state index in [4.69, 9.17) is 11.6 Å². The molecule has 0 fully saturated rings. The van der Waals surface area contributed by atoms with Crippen LogP contribution in [0.2, 0.25) is 5.02 Å². The Labute approximate surface area is 126 Å². The Balaban J connectivity index is 2.15. The van der Waals surface area contributed by atoms with Crippen LogP contribution in [0.5, 0.6) is 0 Å². The fraction of sp³-hybridized carbons (Fsp3) is 0.267. The van der Waals surface area contributed by atoms with E-state index in [9.17, 15) is 5.11 Å². The van der Waals surface area contributed by atoms with E-state index >= 15 is 0 Å². The lowest BCUT2D eigenvalue weighted by molar-refractivity contribution is 0.177. The van der Waals surface area contributed by atoms with Crippen LogP contribution in [-0.4, -0.2) is 10.1 Å². The average molecular weight is 341 g/mol. The number of hydrogen-bond acceptors (Lipinski definition) is 2. The molecule has 0 amide bonds. The van der Waals surface area contributed by atoms with Crippen molar-refractivity contribution in [2.75, 3.05) is 0 Å². The third-order valence-electron chi connectivity index (χ3n) is 3.04. The van der Waals surface area contributed by atoms with Gasteiger partial charge in [0.25, 0.3) is 0 Å². The number of halogens is 2. The smallest absolute Gasteiger partial charge is 0.0860 e. The number of pyridine rings is 1. The van der Waals surface area contributed by atoms with Gasteiger partial charge < -0.3 is 5.11 Å². The van der Waals surface area contributed by atoms with Crippen LogP contribution in [0.4, 0.5) is 0 Å². The molecule has 100 valence electrons. The van der Waals surface area contributed by atoms with Gasteiger partial charge in [0, 0.05) is 28.3 Å². The van der Waals surface area contributed by atoms with Gasteiger partial charge in [-0.25, -0.2) is 0 Å². The zero-order valence-electron chi connectivity index (χ0n) is 10.6. The molecule has 0 aliphatic heterocycles. The van der Waals surface area contributed by atoms with Crippen molar-refractivity contribution in [1.29, 1.82) is 0 Å². The number of rotatable bonds is 4. The van der Waals surface area contributed by atoms with Crippen LogP contribution in [0, 0.1) is 0 Å². The van der Waals surface area contributed by atoms with E-state index in [0.29, 0.717) is 11.4 Å². The van der Waals surface area contributed by atoms with Crippen molar-refractivity contribution in [2.45, 2.75) is 25.9 Å². The summed E-state index contributed by atoms with van der Waals surface area (Å²) >= 11 is 9.53. The van der Waals surface area contributed by atoms with Gasteiger partial charge in [-0.05, 0) is 40.0 Å². The highest BCUT2D eigenvalue weighted by atomic mass is 79.9. The molecule has 2 rings (SSSR count). The van der Waals surface area contributed by atoms with E-state index in [0.717, 1.165) is 22.2 Å². The summed E-state index contributed by atoms with van der Waals surface area (Å²) in [6.45, 7) is 2.09. The third-order valence-corrected chi connectivity index (χ3v) is 4.35. The normalized spacial score (nSPS) is 12.4. The van der Waals surface area contributed by atoms with Gasteiger partial charge in [0.15, 0.2) is 0 Å². The van der Waals surface area contributed by atoms with E-state index in [2.05, 4.69) is 27.8 Å². The lowest BCUT2D eigenvalue weighted by Crippen LogP contribution is -2.04. The first kappa shape index (κ1) is 14.5. The average Bonchev–Trinajstić information content (AvgIpc) is 2.42. The van der Waals surface area contributed by atoms with Crippen LogP contribution < -0.4 is 0 Å². The van der Waals surface area contributed by atoms with Crippen molar-refractivity contribution >= 4 is 27.5 Å². The summed E-state index contributed by atoms with van der Waals surface area (Å²) < 4.78 is 0.792. The number of aliphatic hydroxyl groups excluding tert-OH is 1. The van der Waals surface area contributed by atoms with Gasteiger partial charge in [-0.15, -0.1) is 0 Å². The molecule has 1 aromatic heterocycles. The van der Waals surface area contributed by atoms with Gasteiger partial charge in [-0.3, -0.25) is 4.98 Å². The van der Waals surface area contributed by atoms with Gasteiger partial charge in [0.2, 0.25) is 0 Å². The standard InChI is InChI=1S/C15H15BrClNO/c1-2-10-6-7-11(18-9-10)8-14(19)12-4-3-5-13(16)15(12)17/h3-7,9,14,19H,2,8H2,1H3. The summed E-state index contributed by atoms with van der Waals surface area (Å²) in [5.74, 6) is 0. The summed E-state index contributed by atoms with van der Waals surface area (Å²) in [7, 11) is 0. The Hall–Kier alpha value is -0.900. The molecule has 1 aromatic carbocycles. The molecule has 0 radical (unpaired) electrons. The van der Waals surface area contributed by atoms with E-state index in [1.54, 1.807) is 0 Å². The zero-order chi connectivity index (χ0) is 13.8. The van der Waals surface area contributed by atoms with Crippen LogP contribution in [-0.2, 0) is 12.8 Å². The topological polar surface area (TPSA) is 33.1 Å². The summed E-state index contributed by atoms with van der Waals surface area (Å²) in [5.41, 5.74) is 2.77. The molecule has 2 nitrogen and oxygen atoms in total. The minimum Gasteiger partial charge on any atom is -0.388 e. The van der Waals surface area contributed by atoms with E-state index in [-0.39, 0.29) is 0 Å². The number of hydrogen-bond donors (Lipinski definition) is 1. The van der Waals surface area contributed by atoms with E-state index in [1.165, 1.54) is 5.56 Å². The van der Waals surface area contributed by atoms with Crippen molar-refractivity contribution in [3.63, 3.8) is 0 Å². The first-order chi connectivity index (χ1) is 9.11. The van der Waals surface area contributed by atoms with E-state index in [1.807, 2.05) is 36.5 Å². The summed E-state index contributed by atoms with van der Waals surface area (Å²) in [6, 6.07) is 9.54. The Morgan fingerprint density at radius 1 is 1.32 bits per heavy atom. The predicted octanol–water partition coefficient (Wildman–Crippen LogP) is 4.34. The van der Waals surface area contributed by atoms with Crippen LogP contribution >= 0.6 is 27.5 Å². The minimum absolute atomic E-state index is 0.458. The fourth-order valence-corrected chi connectivity index (χ4v) is 2.50. The Morgan fingerprint density at radius 2 is 2.11 bits per heavy atom. The molecule has 0 bridgehead atoms. The van der Waals surface area contributed by atoms with Crippen molar-refractivity contribution in [3.8, 4) is 0 Å². The van der Waals surface area contributed by atoms with Gasteiger partial charge in [0.05, 0.1) is 11.1 Å². The first-order valence-electron chi connectivity index (χ1n) is 6.17. The maximum Gasteiger partial charge on any atom is 0.0860 e. The number of nitrogens with zero attached hydrogens (tertiary/aromatic N) is 1. The molecular formula is C15H15BrClNO. The van der Waals surface area contributed by atoms with E-state index < -0.39 is 6.10 Å². The SMILES string of the molecule is CCc1ccc(CC(O)c2cccc(Br)c2Cl)nc1. The summed E-state index contributed by atoms with van der Waals surface area (Å²) in [6.07, 6.45) is 2.63. The second kappa shape index (κ2) is 6.51. The molecule has 0 aliphatic carbocycles. The van der Waals surface area contributed by atoms with Crippen molar-refractivity contribution in [1.82, 2.24) is 4.98 Å². The Morgan fingerprint density at radius 3 is 2.74 bits per heavy atom. The molecule has 2 aromatic rings. The molecule has 1 unspecified atom stereocenters. The Bertz CT molecular complexity index is 557. The van der Waals surface area contributed by atoms with Gasteiger partial charge in [-0.2, -0.15) is 0 Å². The van der Waals surface area contributed by atoms with Crippen LogP contribution in [0.1, 0.15) is 29.8 Å². The number of benzene rings is 1. The molecule has 1 heterocycles. The maximum atomic E-state index is 10.3. The molecule has 0 spiro atoms. The van der Waals surface area contributed by atoms with Crippen LogP contribution in [0.15, 0.2) is 41.0 Å². The summed E-state index contributed by atoms with van der Waals surface area (Å²) in [4.78, 5) is 4.35. The molecule has 1 atom stereocenters. The molecule has 0 saturated carbocycles. The molecule has 4 heteroatoms. The first-order valence-corrected chi connectivity index (χ1v) is 7.34. The number of aromatic nitrogens is 1. The molecule has 0 saturated heterocycles. The van der Waals surface area contributed by atoms with Gasteiger partial charge in [-0.1, -0.05) is 36.7 Å². The van der Waals surface area contributed by atoms with Crippen molar-refractivity contribution < 1.29 is 5.11 Å². The molecular weight excluding hydrogens is 326 g/mol. The monoisotopic (exact) mass is 339 g/mol. The molecule has 19 heavy (non-hydrogen) atoms. The quantitative estimate of drug-likeness (QED) is 0.898. The number of aryl methyl sites for hydroxylation is 1. The predicted molar refractivity (Wildman–Crippen MR) is 81.4 cm³/mol. The summed E-state index contributed by atoms with van der Waals surface area (Å²) in [5, 5.41) is 10.8. The van der Waals surface area contributed by atoms with Crippen molar-refractivity contribution in [2.24, 2.45) is 0 Å². The molecule has 1 N–H and O–H groups in total. The fourth-order valence-electron chi connectivity index (χ4n) is 1.87. The van der Waals surface area contributed by atoms with Gasteiger partial charge in [0.1, 0.15) is 0 Å². The third kappa shape index (κ3) is 3.56. The molecule has 0 aliphatic rings. The number of aliphatic hydroxyl groups is 1. The largest absolute Gasteiger partial charge is 0.388 e. The Kier molecular flexibility index (Phi) is 4.97. The lowest BCUT2D eigenvalue weighted by atomic mass is 10.0. The lowest BCUT2D eigenvalue weighted by Gasteiger charge is -2.13. The van der Waals surface area contributed by atoms with Crippen molar-refractivity contribution in [3.05, 3.63) is 62.8 Å². The highest BCUT2D eigenvalue weighted by Gasteiger charge is 2.14. The second-order valence-corrected chi connectivity index (χ2v) is 5.61. The highest BCUT2D eigenvalue weighted by Crippen LogP contribution is 2.31. The highest BCUT2D eigenvalue weighted by molar-refractivity contribution is 9.10. The zero-order valence-corrected chi connectivity index (χ0v) is 12.9. The minimum atomic E-state index is -0.648. The second-order valence-electron chi connectivity index (χ2n) is 4.37. The van der Waals surface area contributed by atoms with Crippen LogP contribution in [0.25, 0.3) is 0 Å².